The van der Waals surface area contributed by atoms with Crippen LogP contribution in [-0.4, -0.2) is 35.9 Å². The van der Waals surface area contributed by atoms with Gasteiger partial charge in [-0.2, -0.15) is 13.5 Å². The van der Waals surface area contributed by atoms with Gasteiger partial charge in [-0.15, -0.1) is 11.8 Å². The monoisotopic (exact) mass is 313 g/mol. The second-order valence-corrected chi connectivity index (χ2v) is 6.19. The summed E-state index contributed by atoms with van der Waals surface area (Å²) in [7, 11) is -4.04. The van der Waals surface area contributed by atoms with Gasteiger partial charge < -0.3 is 5.11 Å². The number of rotatable bonds is 5. The summed E-state index contributed by atoms with van der Waals surface area (Å²) in [6.45, 7) is 0. The molecule has 0 bridgehead atoms. The van der Waals surface area contributed by atoms with Gasteiger partial charge in [-0.05, 0) is 18.4 Å². The highest BCUT2D eigenvalue weighted by atomic mass is 32.2. The number of anilines is 1. The Labute approximate surface area is 119 Å². The van der Waals surface area contributed by atoms with Crippen LogP contribution >= 0.6 is 11.8 Å². The lowest BCUT2D eigenvalue weighted by atomic mass is 10.3. The smallest absolute Gasteiger partial charge is 0.340 e. The molecule has 7 nitrogen and oxygen atoms in total. The summed E-state index contributed by atoms with van der Waals surface area (Å²) < 4.78 is 26.8. The first-order valence-electron chi connectivity index (χ1n) is 5.38. The number of carboxylic acids is 1. The molecule has 0 atom stereocenters. The zero-order chi connectivity index (χ0) is 14.8. The first-order chi connectivity index (χ1) is 9.45. The average Bonchev–Trinajstić information content (AvgIpc) is 2.89. The van der Waals surface area contributed by atoms with Crippen molar-refractivity contribution in [3.05, 3.63) is 36.0 Å². The Kier molecular flexibility index (Phi) is 4.00. The fourth-order valence-corrected chi connectivity index (χ4v) is 3.35. The third-order valence-electron chi connectivity index (χ3n) is 2.45. The Hall–Kier alpha value is -2.00. The van der Waals surface area contributed by atoms with Crippen LogP contribution in [0.2, 0.25) is 0 Å². The number of aromatic amines is 1. The number of H-pyrrole nitrogens is 1. The zero-order valence-electron chi connectivity index (χ0n) is 10.3. The van der Waals surface area contributed by atoms with Crippen molar-refractivity contribution in [3.63, 3.8) is 0 Å². The lowest BCUT2D eigenvalue weighted by molar-refractivity contribution is 0.0692. The molecule has 0 aliphatic rings. The number of aromatic nitrogens is 2. The van der Waals surface area contributed by atoms with Gasteiger partial charge in [0, 0.05) is 4.90 Å². The molecular weight excluding hydrogens is 302 g/mol. The number of para-hydroxylation sites is 1. The van der Waals surface area contributed by atoms with Gasteiger partial charge in [0.15, 0.2) is 5.03 Å². The maximum Gasteiger partial charge on any atom is 0.340 e. The first-order valence-corrected chi connectivity index (χ1v) is 8.09. The lowest BCUT2D eigenvalue weighted by Crippen LogP contribution is -2.17. The van der Waals surface area contributed by atoms with Gasteiger partial charge in [0.2, 0.25) is 0 Å². The molecule has 106 valence electrons. The van der Waals surface area contributed by atoms with Crippen LogP contribution in [0.3, 0.4) is 0 Å². The zero-order valence-corrected chi connectivity index (χ0v) is 12.0. The number of thioether (sulfide) groups is 1. The van der Waals surface area contributed by atoms with Crippen LogP contribution < -0.4 is 4.72 Å². The second-order valence-electron chi connectivity index (χ2n) is 3.72. The summed E-state index contributed by atoms with van der Waals surface area (Å²) in [6.07, 6.45) is 2.77. The van der Waals surface area contributed by atoms with Crippen molar-refractivity contribution in [2.75, 3.05) is 11.0 Å². The molecule has 3 N–H and O–H groups in total. The normalized spacial score (nSPS) is 11.2. The molecule has 0 aliphatic carbocycles. The summed E-state index contributed by atoms with van der Waals surface area (Å²) in [4.78, 5) is 11.7. The van der Waals surface area contributed by atoms with Crippen molar-refractivity contribution in [1.82, 2.24) is 10.2 Å². The van der Waals surface area contributed by atoms with Crippen LogP contribution in [0.5, 0.6) is 0 Å². The molecule has 2 rings (SSSR count). The van der Waals surface area contributed by atoms with E-state index in [2.05, 4.69) is 14.9 Å². The Bertz CT molecular complexity index is 740. The number of carbonyl (C=O) groups is 1. The molecule has 1 aromatic heterocycles. The van der Waals surface area contributed by atoms with Crippen molar-refractivity contribution < 1.29 is 18.3 Å². The predicted octanol–water partition coefficient (Wildman–Crippen LogP) is 1.63. The van der Waals surface area contributed by atoms with Crippen molar-refractivity contribution in [2.24, 2.45) is 0 Å². The third-order valence-corrected chi connectivity index (χ3v) is 4.59. The number of carboxylic acid groups (broad SMARTS) is 1. The second kappa shape index (κ2) is 5.55. The van der Waals surface area contributed by atoms with Gasteiger partial charge in [0.1, 0.15) is 5.56 Å². The minimum absolute atomic E-state index is 0.380. The van der Waals surface area contributed by atoms with E-state index in [-0.39, 0.29) is 0 Å². The SMILES string of the molecule is CSc1ccccc1NS(=O)(=O)c1[nH]ncc1C(=O)O. The van der Waals surface area contributed by atoms with Crippen molar-refractivity contribution in [1.29, 1.82) is 0 Å². The van der Waals surface area contributed by atoms with Crippen LogP contribution in [0.4, 0.5) is 5.69 Å². The molecule has 1 aromatic carbocycles. The van der Waals surface area contributed by atoms with Crippen LogP contribution in [0, 0.1) is 0 Å². The predicted molar refractivity (Wildman–Crippen MR) is 74.6 cm³/mol. The van der Waals surface area contributed by atoms with Gasteiger partial charge in [0.05, 0.1) is 11.9 Å². The maximum absolute atomic E-state index is 12.2. The Balaban J connectivity index is 2.41. The molecule has 9 heteroatoms. The summed E-state index contributed by atoms with van der Waals surface area (Å²) in [5.74, 6) is -1.36. The molecule has 0 aliphatic heterocycles. The summed E-state index contributed by atoms with van der Waals surface area (Å²) in [5.41, 5.74) is -0.0231. The Morgan fingerprint density at radius 2 is 2.10 bits per heavy atom. The number of sulfonamides is 1. The van der Waals surface area contributed by atoms with E-state index in [1.807, 2.05) is 6.26 Å². The molecule has 0 unspecified atom stereocenters. The number of hydrogen-bond acceptors (Lipinski definition) is 5. The number of aromatic carboxylic acids is 1. The molecule has 0 spiro atoms. The number of nitrogens with one attached hydrogen (secondary N) is 2. The Morgan fingerprint density at radius 3 is 2.75 bits per heavy atom. The van der Waals surface area contributed by atoms with Gasteiger partial charge >= 0.3 is 5.97 Å². The quantitative estimate of drug-likeness (QED) is 0.723. The maximum atomic E-state index is 12.2. The number of nitrogens with zero attached hydrogens (tertiary/aromatic N) is 1. The summed E-state index contributed by atoms with van der Waals surface area (Å²) in [6, 6.07) is 6.82. The van der Waals surface area contributed by atoms with E-state index in [0.717, 1.165) is 11.1 Å². The highest BCUT2D eigenvalue weighted by Crippen LogP contribution is 2.27. The van der Waals surface area contributed by atoms with Gasteiger partial charge in [-0.25, -0.2) is 4.79 Å². The van der Waals surface area contributed by atoms with E-state index >= 15 is 0 Å². The van der Waals surface area contributed by atoms with Crippen molar-refractivity contribution >= 4 is 33.4 Å². The third kappa shape index (κ3) is 2.78. The van der Waals surface area contributed by atoms with Crippen LogP contribution in [0.15, 0.2) is 40.4 Å². The molecular formula is C11H11N3O4S2. The van der Waals surface area contributed by atoms with E-state index in [1.54, 1.807) is 24.3 Å². The molecule has 2 aromatic rings. The van der Waals surface area contributed by atoms with Crippen LogP contribution in [0.1, 0.15) is 10.4 Å². The number of hydrogen-bond donors (Lipinski definition) is 3. The minimum Gasteiger partial charge on any atom is -0.478 e. The molecule has 1 heterocycles. The molecule has 0 saturated heterocycles. The van der Waals surface area contributed by atoms with Crippen molar-refractivity contribution in [2.45, 2.75) is 9.92 Å². The topological polar surface area (TPSA) is 112 Å². The Morgan fingerprint density at radius 1 is 1.40 bits per heavy atom. The van der Waals surface area contributed by atoms with Gasteiger partial charge in [-0.3, -0.25) is 9.82 Å². The fourth-order valence-electron chi connectivity index (χ4n) is 1.56. The van der Waals surface area contributed by atoms with E-state index in [9.17, 15) is 13.2 Å². The van der Waals surface area contributed by atoms with Crippen LogP contribution in [0.25, 0.3) is 0 Å². The van der Waals surface area contributed by atoms with E-state index in [1.165, 1.54) is 11.8 Å². The lowest BCUT2D eigenvalue weighted by Gasteiger charge is -2.10. The average molecular weight is 313 g/mol. The molecule has 0 fully saturated rings. The van der Waals surface area contributed by atoms with E-state index in [0.29, 0.717) is 5.69 Å². The summed E-state index contributed by atoms with van der Waals surface area (Å²) >= 11 is 1.37. The fraction of sp³-hybridized carbons (Fsp3) is 0.0909. The highest BCUT2D eigenvalue weighted by Gasteiger charge is 2.25. The van der Waals surface area contributed by atoms with Crippen LogP contribution in [-0.2, 0) is 10.0 Å². The van der Waals surface area contributed by atoms with Gasteiger partial charge in [-0.1, -0.05) is 12.1 Å². The minimum atomic E-state index is -4.04. The molecule has 0 radical (unpaired) electrons. The molecule has 0 saturated carbocycles. The largest absolute Gasteiger partial charge is 0.478 e. The summed E-state index contributed by atoms with van der Waals surface area (Å²) in [5, 5.41) is 14.1. The van der Waals surface area contributed by atoms with E-state index < -0.39 is 26.6 Å². The molecule has 0 amide bonds. The van der Waals surface area contributed by atoms with E-state index in [4.69, 9.17) is 5.11 Å². The highest BCUT2D eigenvalue weighted by molar-refractivity contribution is 7.99. The van der Waals surface area contributed by atoms with Crippen molar-refractivity contribution in [3.8, 4) is 0 Å². The molecule has 20 heavy (non-hydrogen) atoms. The standard InChI is InChI=1S/C11H11N3O4S2/c1-19-9-5-3-2-4-8(9)14-20(17,18)10-7(11(15)16)6-12-13-10/h2-6,14H,1H3,(H,12,13)(H,15,16). The van der Waals surface area contributed by atoms with Gasteiger partial charge in [0.25, 0.3) is 10.0 Å². The first kappa shape index (κ1) is 14.4. The number of benzene rings is 1.